The van der Waals surface area contributed by atoms with Crippen molar-refractivity contribution in [2.24, 2.45) is 0 Å². The molecule has 12 heteroatoms. The van der Waals surface area contributed by atoms with Gasteiger partial charge < -0.3 is 10.1 Å². The number of hydrogen-bond donors (Lipinski definition) is 1. The lowest BCUT2D eigenvalue weighted by atomic mass is 10.2. The highest BCUT2D eigenvalue weighted by molar-refractivity contribution is 7.94. The second-order valence-corrected chi connectivity index (χ2v) is 9.89. The Labute approximate surface area is 193 Å². The van der Waals surface area contributed by atoms with Crippen LogP contribution >= 0.6 is 11.3 Å². The lowest BCUT2D eigenvalue weighted by Gasteiger charge is -2.18. The quantitative estimate of drug-likeness (QED) is 0.409. The zero-order valence-corrected chi connectivity index (χ0v) is 18.9. The fourth-order valence-corrected chi connectivity index (χ4v) is 5.24. The number of sulfonamides is 1. The molecule has 0 aliphatic heterocycles. The molecule has 0 radical (unpaired) electrons. The Morgan fingerprint density at radius 3 is 2.64 bits per heavy atom. The molecule has 0 unspecified atom stereocenters. The van der Waals surface area contributed by atoms with Crippen molar-refractivity contribution < 1.29 is 22.3 Å². The van der Waals surface area contributed by atoms with Crippen LogP contribution in [0.3, 0.4) is 0 Å². The van der Waals surface area contributed by atoms with E-state index in [0.29, 0.717) is 11.4 Å². The van der Waals surface area contributed by atoms with Crippen LogP contribution < -0.4 is 14.4 Å². The second kappa shape index (κ2) is 9.38. The molecule has 0 atom stereocenters. The van der Waals surface area contributed by atoms with Crippen molar-refractivity contribution in [3.05, 3.63) is 78.4 Å². The SMILES string of the molecule is CN(c1ccc(OCC(=O)Nc2ccc(-n3cncn3)c(F)c2)cc1)S(=O)(=O)c1cccs1. The molecule has 4 aromatic rings. The fourth-order valence-electron chi connectivity index (χ4n) is 2.89. The maximum absolute atomic E-state index is 14.3. The van der Waals surface area contributed by atoms with Crippen molar-refractivity contribution in [1.29, 1.82) is 0 Å². The molecule has 0 bridgehead atoms. The van der Waals surface area contributed by atoms with Gasteiger partial charge >= 0.3 is 0 Å². The third-order valence-corrected chi connectivity index (χ3v) is 7.74. The number of carbonyl (C=O) groups is 1. The van der Waals surface area contributed by atoms with Crippen LogP contribution in [0, 0.1) is 5.82 Å². The molecule has 33 heavy (non-hydrogen) atoms. The molecule has 1 amide bonds. The standard InChI is InChI=1S/C21H18FN5O4S2/c1-26(33(29,30)21-3-2-10-32-21)16-5-7-17(8-6-16)31-12-20(28)25-15-4-9-19(18(22)11-15)27-14-23-13-24-27/h2-11,13-14H,12H2,1H3,(H,25,28). The number of benzene rings is 2. The summed E-state index contributed by atoms with van der Waals surface area (Å²) in [5.41, 5.74) is 0.914. The van der Waals surface area contributed by atoms with Crippen molar-refractivity contribution in [3.8, 4) is 11.4 Å². The molecular weight excluding hydrogens is 469 g/mol. The number of nitrogens with one attached hydrogen (secondary N) is 1. The van der Waals surface area contributed by atoms with E-state index >= 15 is 0 Å². The van der Waals surface area contributed by atoms with Gasteiger partial charge in [0.2, 0.25) is 0 Å². The number of carbonyl (C=O) groups excluding carboxylic acids is 1. The number of nitrogens with zero attached hydrogens (tertiary/aromatic N) is 4. The lowest BCUT2D eigenvalue weighted by molar-refractivity contribution is -0.118. The van der Waals surface area contributed by atoms with Gasteiger partial charge in [-0.1, -0.05) is 6.07 Å². The molecule has 1 N–H and O–H groups in total. The molecule has 2 aromatic heterocycles. The lowest BCUT2D eigenvalue weighted by Crippen LogP contribution is -2.25. The van der Waals surface area contributed by atoms with Crippen LogP contribution in [0.25, 0.3) is 5.69 Å². The molecule has 0 spiro atoms. The molecule has 170 valence electrons. The molecule has 2 heterocycles. The van der Waals surface area contributed by atoms with Gasteiger partial charge in [0.05, 0.1) is 5.69 Å². The number of halogens is 1. The van der Waals surface area contributed by atoms with Crippen LogP contribution in [0.1, 0.15) is 0 Å². The van der Waals surface area contributed by atoms with Gasteiger partial charge in [0.25, 0.3) is 15.9 Å². The molecule has 0 saturated carbocycles. The molecule has 0 fully saturated rings. The van der Waals surface area contributed by atoms with Crippen molar-refractivity contribution >= 4 is 38.6 Å². The third-order valence-electron chi connectivity index (χ3n) is 4.58. The smallest absolute Gasteiger partial charge is 0.273 e. The van der Waals surface area contributed by atoms with Crippen LogP contribution in [0.15, 0.2) is 76.8 Å². The summed E-state index contributed by atoms with van der Waals surface area (Å²) in [6.45, 7) is -0.310. The van der Waals surface area contributed by atoms with Crippen molar-refractivity contribution in [2.75, 3.05) is 23.3 Å². The number of hydrogen-bond acceptors (Lipinski definition) is 7. The highest BCUT2D eigenvalue weighted by Crippen LogP contribution is 2.26. The summed E-state index contributed by atoms with van der Waals surface area (Å²) in [7, 11) is -2.17. The summed E-state index contributed by atoms with van der Waals surface area (Å²) in [6.07, 6.45) is 2.66. The summed E-state index contributed by atoms with van der Waals surface area (Å²) in [5.74, 6) is -0.677. The van der Waals surface area contributed by atoms with Crippen LogP contribution in [0.5, 0.6) is 5.75 Å². The van der Waals surface area contributed by atoms with E-state index < -0.39 is 21.7 Å². The van der Waals surface area contributed by atoms with Gasteiger partial charge in [-0.05, 0) is 53.9 Å². The molecule has 0 saturated heterocycles. The first-order chi connectivity index (χ1) is 15.8. The van der Waals surface area contributed by atoms with E-state index in [1.54, 1.807) is 41.8 Å². The molecular formula is C21H18FN5O4S2. The normalized spacial score (nSPS) is 11.2. The Bertz CT molecular complexity index is 1340. The number of amides is 1. The Balaban J connectivity index is 1.34. The first-order valence-corrected chi connectivity index (χ1v) is 11.9. The van der Waals surface area contributed by atoms with Crippen LogP contribution in [-0.2, 0) is 14.8 Å². The first kappa shape index (κ1) is 22.4. The van der Waals surface area contributed by atoms with Gasteiger partial charge in [-0.3, -0.25) is 9.10 Å². The highest BCUT2D eigenvalue weighted by Gasteiger charge is 2.22. The van der Waals surface area contributed by atoms with Gasteiger partial charge in [-0.25, -0.2) is 22.5 Å². The average molecular weight is 488 g/mol. The predicted octanol–water partition coefficient (Wildman–Crippen LogP) is 3.31. The van der Waals surface area contributed by atoms with E-state index in [9.17, 15) is 17.6 Å². The average Bonchev–Trinajstić information content (AvgIpc) is 3.52. The van der Waals surface area contributed by atoms with Crippen molar-refractivity contribution in [1.82, 2.24) is 14.8 Å². The van der Waals surface area contributed by atoms with Crippen LogP contribution in [0.2, 0.25) is 0 Å². The van der Waals surface area contributed by atoms with E-state index in [0.717, 1.165) is 11.3 Å². The van der Waals surface area contributed by atoms with Gasteiger partial charge in [0, 0.05) is 12.7 Å². The number of anilines is 2. The minimum atomic E-state index is -3.64. The summed E-state index contributed by atoms with van der Waals surface area (Å²) >= 11 is 1.14. The maximum Gasteiger partial charge on any atom is 0.273 e. The monoisotopic (exact) mass is 487 g/mol. The van der Waals surface area contributed by atoms with Crippen LogP contribution in [0.4, 0.5) is 15.8 Å². The largest absolute Gasteiger partial charge is 0.484 e. The highest BCUT2D eigenvalue weighted by atomic mass is 32.2. The fraction of sp³-hybridized carbons (Fsp3) is 0.0952. The minimum Gasteiger partial charge on any atom is -0.484 e. The van der Waals surface area contributed by atoms with Gasteiger partial charge in [-0.15, -0.1) is 11.3 Å². The summed E-state index contributed by atoms with van der Waals surface area (Å²) in [4.78, 5) is 15.9. The van der Waals surface area contributed by atoms with E-state index in [4.69, 9.17) is 4.74 Å². The Kier molecular flexibility index (Phi) is 6.38. The van der Waals surface area contributed by atoms with Crippen LogP contribution in [-0.4, -0.2) is 42.7 Å². The van der Waals surface area contributed by atoms with E-state index in [1.165, 1.54) is 46.9 Å². The van der Waals surface area contributed by atoms with E-state index in [-0.39, 0.29) is 22.2 Å². The van der Waals surface area contributed by atoms with E-state index in [1.807, 2.05) is 0 Å². The Morgan fingerprint density at radius 2 is 2.00 bits per heavy atom. The second-order valence-electron chi connectivity index (χ2n) is 6.74. The molecule has 4 rings (SSSR count). The summed E-state index contributed by atoms with van der Waals surface area (Å²) < 4.78 is 47.6. The number of ether oxygens (including phenoxy) is 1. The Hall–Kier alpha value is -3.77. The van der Waals surface area contributed by atoms with Gasteiger partial charge in [0.1, 0.15) is 28.3 Å². The predicted molar refractivity (Wildman–Crippen MR) is 122 cm³/mol. The zero-order valence-electron chi connectivity index (χ0n) is 17.3. The maximum atomic E-state index is 14.3. The molecule has 0 aliphatic carbocycles. The number of rotatable bonds is 8. The number of thiophene rings is 1. The van der Waals surface area contributed by atoms with E-state index in [2.05, 4.69) is 15.4 Å². The summed E-state index contributed by atoms with van der Waals surface area (Å²) in [5, 5.41) is 8.12. The zero-order chi connectivity index (χ0) is 23.4. The minimum absolute atomic E-state index is 0.202. The van der Waals surface area contributed by atoms with Crippen molar-refractivity contribution in [3.63, 3.8) is 0 Å². The molecule has 9 nitrogen and oxygen atoms in total. The molecule has 0 aliphatic rings. The third kappa shape index (κ3) is 5.02. The first-order valence-electron chi connectivity index (χ1n) is 9.54. The molecule has 2 aromatic carbocycles. The summed E-state index contributed by atoms with van der Waals surface area (Å²) in [6, 6.07) is 13.7. The topological polar surface area (TPSA) is 106 Å². The Morgan fingerprint density at radius 1 is 1.21 bits per heavy atom. The van der Waals surface area contributed by atoms with Crippen molar-refractivity contribution in [2.45, 2.75) is 4.21 Å². The van der Waals surface area contributed by atoms with Gasteiger partial charge in [0.15, 0.2) is 12.4 Å². The number of aromatic nitrogens is 3. The van der Waals surface area contributed by atoms with Gasteiger partial charge in [-0.2, -0.15) is 5.10 Å².